The molecular formula is C15H15BrClN. The first-order valence-corrected chi connectivity index (χ1v) is 7.12. The summed E-state index contributed by atoms with van der Waals surface area (Å²) in [7, 11) is 0. The van der Waals surface area contributed by atoms with Crippen LogP contribution in [0.5, 0.6) is 0 Å². The van der Waals surface area contributed by atoms with Crippen LogP contribution in [-0.4, -0.2) is 4.98 Å². The largest absolute Gasteiger partial charge is 0.265 e. The van der Waals surface area contributed by atoms with Crippen LogP contribution in [0.4, 0.5) is 0 Å². The molecule has 1 aromatic carbocycles. The summed E-state index contributed by atoms with van der Waals surface area (Å²) in [4.78, 5) is 4.03. The molecule has 0 aliphatic carbocycles. The molecule has 2 rings (SSSR count). The van der Waals surface area contributed by atoms with Crippen molar-refractivity contribution in [3.05, 3.63) is 63.9 Å². The molecule has 94 valence electrons. The van der Waals surface area contributed by atoms with Gasteiger partial charge in [0.15, 0.2) is 0 Å². The van der Waals surface area contributed by atoms with Crippen molar-refractivity contribution in [2.24, 2.45) is 0 Å². The average molecular weight is 325 g/mol. The lowest BCUT2D eigenvalue weighted by Gasteiger charge is -2.19. The maximum absolute atomic E-state index is 6.57. The average Bonchev–Trinajstić information content (AvgIpc) is 2.41. The number of aryl methyl sites for hydroxylation is 1. The Morgan fingerprint density at radius 3 is 2.39 bits per heavy atom. The third kappa shape index (κ3) is 2.93. The molecule has 18 heavy (non-hydrogen) atoms. The molecule has 2 unspecified atom stereocenters. The van der Waals surface area contributed by atoms with Crippen LogP contribution in [0.3, 0.4) is 0 Å². The summed E-state index contributed by atoms with van der Waals surface area (Å²) in [6.45, 7) is 4.21. The first-order valence-electron chi connectivity index (χ1n) is 5.89. The lowest BCUT2D eigenvalue weighted by atomic mass is 9.93. The van der Waals surface area contributed by atoms with Crippen LogP contribution in [-0.2, 0) is 0 Å². The number of alkyl halides is 1. The molecule has 1 aromatic heterocycles. The van der Waals surface area contributed by atoms with E-state index in [1.807, 2.05) is 12.1 Å². The van der Waals surface area contributed by atoms with Gasteiger partial charge in [0, 0.05) is 22.8 Å². The molecule has 0 aliphatic heterocycles. The molecule has 2 aromatic rings. The molecule has 3 heteroatoms. The van der Waals surface area contributed by atoms with E-state index in [1.54, 1.807) is 12.4 Å². The van der Waals surface area contributed by atoms with E-state index in [2.05, 4.69) is 53.0 Å². The Labute approximate surface area is 121 Å². The molecule has 1 heterocycles. The van der Waals surface area contributed by atoms with Crippen molar-refractivity contribution >= 4 is 27.5 Å². The third-order valence-electron chi connectivity index (χ3n) is 3.19. The quantitative estimate of drug-likeness (QED) is 0.704. The summed E-state index contributed by atoms with van der Waals surface area (Å²) < 4.78 is 1.10. The number of halogens is 2. The first kappa shape index (κ1) is 13.6. The van der Waals surface area contributed by atoms with Crippen molar-refractivity contribution in [3.63, 3.8) is 0 Å². The second kappa shape index (κ2) is 5.85. The summed E-state index contributed by atoms with van der Waals surface area (Å²) in [5.41, 5.74) is 3.57. The first-order chi connectivity index (χ1) is 8.59. The smallest absolute Gasteiger partial charge is 0.0651 e. The van der Waals surface area contributed by atoms with Crippen LogP contribution >= 0.6 is 27.5 Å². The molecule has 2 atom stereocenters. The van der Waals surface area contributed by atoms with Gasteiger partial charge in [-0.15, -0.1) is 11.6 Å². The van der Waals surface area contributed by atoms with Crippen molar-refractivity contribution in [3.8, 4) is 0 Å². The maximum Gasteiger partial charge on any atom is 0.0651 e. The molecule has 0 fully saturated rings. The van der Waals surface area contributed by atoms with Gasteiger partial charge < -0.3 is 0 Å². The monoisotopic (exact) mass is 323 g/mol. The van der Waals surface area contributed by atoms with Crippen molar-refractivity contribution < 1.29 is 0 Å². The van der Waals surface area contributed by atoms with Crippen LogP contribution in [0, 0.1) is 6.92 Å². The van der Waals surface area contributed by atoms with Gasteiger partial charge in [0.1, 0.15) is 0 Å². The van der Waals surface area contributed by atoms with Crippen LogP contribution in [0.15, 0.2) is 47.2 Å². The van der Waals surface area contributed by atoms with Gasteiger partial charge >= 0.3 is 0 Å². The standard InChI is InChI=1S/C15H15BrClN/c1-10-3-4-13(9-14(10)16)15(17)11(2)12-5-7-18-8-6-12/h3-9,11,15H,1-2H3. The summed E-state index contributed by atoms with van der Waals surface area (Å²) in [6.07, 6.45) is 3.61. The van der Waals surface area contributed by atoms with E-state index in [0.717, 1.165) is 10.0 Å². The van der Waals surface area contributed by atoms with Gasteiger partial charge in [-0.25, -0.2) is 0 Å². The predicted octanol–water partition coefficient (Wildman–Crippen LogP) is 5.24. The fourth-order valence-corrected chi connectivity index (χ4v) is 2.58. The van der Waals surface area contributed by atoms with Gasteiger partial charge in [0.2, 0.25) is 0 Å². The Hall–Kier alpha value is -0.860. The highest BCUT2D eigenvalue weighted by molar-refractivity contribution is 9.10. The Morgan fingerprint density at radius 1 is 1.11 bits per heavy atom. The van der Waals surface area contributed by atoms with Crippen molar-refractivity contribution in [2.45, 2.75) is 25.1 Å². The number of rotatable bonds is 3. The van der Waals surface area contributed by atoms with E-state index >= 15 is 0 Å². The molecule has 0 N–H and O–H groups in total. The Morgan fingerprint density at radius 2 is 1.78 bits per heavy atom. The lowest BCUT2D eigenvalue weighted by Crippen LogP contribution is -2.03. The van der Waals surface area contributed by atoms with E-state index in [4.69, 9.17) is 11.6 Å². The zero-order valence-electron chi connectivity index (χ0n) is 10.4. The van der Waals surface area contributed by atoms with Gasteiger partial charge in [-0.05, 0) is 41.8 Å². The fraction of sp³-hybridized carbons (Fsp3) is 0.267. The van der Waals surface area contributed by atoms with Gasteiger partial charge in [-0.1, -0.05) is 35.0 Å². The normalized spacial score (nSPS) is 14.2. The highest BCUT2D eigenvalue weighted by Gasteiger charge is 2.18. The lowest BCUT2D eigenvalue weighted by molar-refractivity contribution is 0.730. The van der Waals surface area contributed by atoms with E-state index < -0.39 is 0 Å². The molecule has 0 saturated heterocycles. The summed E-state index contributed by atoms with van der Waals surface area (Å²) in [5.74, 6) is 0.254. The predicted molar refractivity (Wildman–Crippen MR) is 80.1 cm³/mol. The second-order valence-corrected chi connectivity index (χ2v) is 5.80. The molecule has 0 aliphatic rings. The topological polar surface area (TPSA) is 12.9 Å². The maximum atomic E-state index is 6.57. The van der Waals surface area contributed by atoms with Crippen LogP contribution in [0.2, 0.25) is 0 Å². The van der Waals surface area contributed by atoms with Gasteiger partial charge in [-0.2, -0.15) is 0 Å². The van der Waals surface area contributed by atoms with Crippen LogP contribution in [0.25, 0.3) is 0 Å². The molecule has 0 amide bonds. The van der Waals surface area contributed by atoms with Gasteiger partial charge in [-0.3, -0.25) is 4.98 Å². The minimum Gasteiger partial charge on any atom is -0.265 e. The Kier molecular flexibility index (Phi) is 4.41. The Bertz CT molecular complexity index is 527. The van der Waals surface area contributed by atoms with Crippen molar-refractivity contribution in [2.75, 3.05) is 0 Å². The number of hydrogen-bond donors (Lipinski definition) is 0. The zero-order valence-corrected chi connectivity index (χ0v) is 12.7. The van der Waals surface area contributed by atoms with Crippen molar-refractivity contribution in [1.29, 1.82) is 0 Å². The molecule has 0 saturated carbocycles. The molecule has 0 radical (unpaired) electrons. The van der Waals surface area contributed by atoms with Crippen LogP contribution < -0.4 is 0 Å². The van der Waals surface area contributed by atoms with Crippen molar-refractivity contribution in [1.82, 2.24) is 4.98 Å². The highest BCUT2D eigenvalue weighted by Crippen LogP contribution is 2.37. The van der Waals surface area contributed by atoms with Gasteiger partial charge in [0.25, 0.3) is 0 Å². The van der Waals surface area contributed by atoms with Crippen LogP contribution in [0.1, 0.15) is 34.9 Å². The summed E-state index contributed by atoms with van der Waals surface area (Å²) >= 11 is 10.1. The second-order valence-electron chi connectivity index (χ2n) is 4.48. The highest BCUT2D eigenvalue weighted by atomic mass is 79.9. The molecule has 0 spiro atoms. The summed E-state index contributed by atoms with van der Waals surface area (Å²) in [6, 6.07) is 10.3. The third-order valence-corrected chi connectivity index (χ3v) is 4.67. The van der Waals surface area contributed by atoms with E-state index in [-0.39, 0.29) is 11.3 Å². The number of pyridine rings is 1. The molecule has 1 nitrogen and oxygen atoms in total. The molecular weight excluding hydrogens is 310 g/mol. The fourth-order valence-electron chi connectivity index (χ4n) is 1.91. The van der Waals surface area contributed by atoms with E-state index in [1.165, 1.54) is 11.1 Å². The molecule has 0 bridgehead atoms. The number of aromatic nitrogens is 1. The summed E-state index contributed by atoms with van der Waals surface area (Å²) in [5, 5.41) is -0.0377. The van der Waals surface area contributed by atoms with E-state index in [9.17, 15) is 0 Å². The minimum absolute atomic E-state index is 0.0377. The zero-order chi connectivity index (χ0) is 13.1. The van der Waals surface area contributed by atoms with Gasteiger partial charge in [0.05, 0.1) is 5.38 Å². The number of hydrogen-bond acceptors (Lipinski definition) is 1. The van der Waals surface area contributed by atoms with E-state index in [0.29, 0.717) is 0 Å². The minimum atomic E-state index is -0.0377. The Balaban J connectivity index is 2.25. The number of benzene rings is 1. The number of nitrogens with zero attached hydrogens (tertiary/aromatic N) is 1. The SMILES string of the molecule is Cc1ccc(C(Cl)C(C)c2ccncc2)cc1Br.